The minimum Gasteiger partial charge on any atom is -0.374 e. The second-order valence-corrected chi connectivity index (χ2v) is 12.1. The van der Waals surface area contributed by atoms with E-state index in [0.717, 1.165) is 29.2 Å². The van der Waals surface area contributed by atoms with Gasteiger partial charge in [0.1, 0.15) is 10.8 Å². The molecule has 0 spiro atoms. The SMILES string of the molecule is CC(=O)Nc1ccc(C2N=Cc3ccsc3N2N2CCOC(CN3CCN(S(C)(=O)=O)CC3)C2)cn1. The number of anilines is 2. The van der Waals surface area contributed by atoms with Crippen molar-refractivity contribution in [3.63, 3.8) is 0 Å². The van der Waals surface area contributed by atoms with Crippen molar-refractivity contribution < 1.29 is 17.9 Å². The molecule has 5 heterocycles. The molecule has 2 aromatic rings. The molecule has 0 aromatic carbocycles. The zero-order chi connectivity index (χ0) is 25.3. The van der Waals surface area contributed by atoms with Crippen molar-refractivity contribution in [3.05, 3.63) is 40.9 Å². The number of hydrazine groups is 1. The van der Waals surface area contributed by atoms with Gasteiger partial charge in [0.15, 0.2) is 6.17 Å². The van der Waals surface area contributed by atoms with Gasteiger partial charge in [0.05, 0.1) is 19.0 Å². The van der Waals surface area contributed by atoms with E-state index in [0.29, 0.717) is 45.1 Å². The van der Waals surface area contributed by atoms with E-state index in [2.05, 4.69) is 36.7 Å². The Morgan fingerprint density at radius 1 is 1.19 bits per heavy atom. The molecular formula is C23H31N7O4S2. The lowest BCUT2D eigenvalue weighted by Crippen LogP contribution is -2.57. The first-order valence-corrected chi connectivity index (χ1v) is 14.7. The van der Waals surface area contributed by atoms with E-state index in [9.17, 15) is 13.2 Å². The van der Waals surface area contributed by atoms with E-state index in [1.165, 1.54) is 17.5 Å². The van der Waals surface area contributed by atoms with Crippen LogP contribution in [0.3, 0.4) is 0 Å². The molecule has 1 N–H and O–H groups in total. The predicted molar refractivity (Wildman–Crippen MR) is 140 cm³/mol. The lowest BCUT2D eigenvalue weighted by atomic mass is 10.1. The number of pyridine rings is 1. The number of sulfonamides is 1. The van der Waals surface area contributed by atoms with Gasteiger partial charge in [0, 0.05) is 76.3 Å². The summed E-state index contributed by atoms with van der Waals surface area (Å²) >= 11 is 1.68. The van der Waals surface area contributed by atoms with Crippen LogP contribution < -0.4 is 10.3 Å². The summed E-state index contributed by atoms with van der Waals surface area (Å²) in [6.07, 6.45) is 4.67. The molecule has 11 nitrogen and oxygen atoms in total. The molecule has 13 heteroatoms. The summed E-state index contributed by atoms with van der Waals surface area (Å²) in [5, 5.41) is 10.5. The van der Waals surface area contributed by atoms with Gasteiger partial charge in [-0.2, -0.15) is 4.31 Å². The zero-order valence-electron chi connectivity index (χ0n) is 20.4. The van der Waals surface area contributed by atoms with Crippen LogP contribution >= 0.6 is 11.3 Å². The summed E-state index contributed by atoms with van der Waals surface area (Å²) in [4.78, 5) is 22.9. The van der Waals surface area contributed by atoms with Crippen molar-refractivity contribution in [2.75, 3.05) is 69.0 Å². The van der Waals surface area contributed by atoms with Crippen molar-refractivity contribution in [3.8, 4) is 0 Å². The number of carbonyl (C=O) groups excluding carboxylic acids is 1. The normalized spacial score (nSPS) is 24.0. The van der Waals surface area contributed by atoms with E-state index in [1.54, 1.807) is 23.6 Å². The summed E-state index contributed by atoms with van der Waals surface area (Å²) in [5.41, 5.74) is 2.01. The average molecular weight is 534 g/mol. The number of nitrogens with zero attached hydrogens (tertiary/aromatic N) is 6. The van der Waals surface area contributed by atoms with Crippen LogP contribution in [0.25, 0.3) is 0 Å². The fraction of sp³-hybridized carbons (Fsp3) is 0.522. The van der Waals surface area contributed by atoms with Crippen molar-refractivity contribution in [2.24, 2.45) is 4.99 Å². The van der Waals surface area contributed by atoms with Gasteiger partial charge in [-0.15, -0.1) is 11.3 Å². The van der Waals surface area contributed by atoms with Crippen LogP contribution in [0, 0.1) is 0 Å². The van der Waals surface area contributed by atoms with E-state index < -0.39 is 10.0 Å². The molecule has 36 heavy (non-hydrogen) atoms. The number of morpholine rings is 1. The number of ether oxygens (including phenoxy) is 1. The third kappa shape index (κ3) is 5.61. The van der Waals surface area contributed by atoms with Crippen LogP contribution in [0.15, 0.2) is 34.8 Å². The molecule has 0 aliphatic carbocycles. The maximum absolute atomic E-state index is 11.8. The van der Waals surface area contributed by atoms with Gasteiger partial charge in [-0.3, -0.25) is 19.7 Å². The molecule has 2 saturated heterocycles. The van der Waals surface area contributed by atoms with Crippen molar-refractivity contribution in [1.82, 2.24) is 19.2 Å². The van der Waals surface area contributed by atoms with Gasteiger partial charge < -0.3 is 10.1 Å². The number of piperazine rings is 1. The number of fused-ring (bicyclic) bond motifs is 1. The standard InChI is InChI=1S/C23H31N7O4S2/c1-17(31)26-21-4-3-18(13-24-21)22-25-14-19-5-12-35-23(19)30(22)28-10-11-34-20(16-28)15-27-6-8-29(9-7-27)36(2,32)33/h3-5,12-14,20,22H,6-11,15-16H2,1-2H3,(H,24,26,31). The monoisotopic (exact) mass is 533 g/mol. The average Bonchev–Trinajstić information content (AvgIpc) is 3.32. The molecule has 5 rings (SSSR count). The Balaban J connectivity index is 1.30. The highest BCUT2D eigenvalue weighted by atomic mass is 32.2. The molecule has 0 radical (unpaired) electrons. The Labute approximate surface area is 215 Å². The van der Waals surface area contributed by atoms with Crippen LogP contribution in [-0.2, 0) is 19.6 Å². The van der Waals surface area contributed by atoms with E-state index in [-0.39, 0.29) is 18.2 Å². The Kier molecular flexibility index (Phi) is 7.37. The molecule has 2 unspecified atom stereocenters. The first-order valence-electron chi connectivity index (χ1n) is 12.0. The summed E-state index contributed by atoms with van der Waals surface area (Å²) in [5.74, 6) is 0.352. The minimum absolute atomic E-state index is 0.00114. The van der Waals surface area contributed by atoms with Gasteiger partial charge in [0.2, 0.25) is 15.9 Å². The molecule has 194 valence electrons. The maximum atomic E-state index is 11.8. The van der Waals surface area contributed by atoms with Crippen LogP contribution in [0.5, 0.6) is 0 Å². The van der Waals surface area contributed by atoms with Crippen LogP contribution in [0.4, 0.5) is 10.8 Å². The summed E-state index contributed by atoms with van der Waals surface area (Å²) in [6.45, 7) is 6.67. The lowest BCUT2D eigenvalue weighted by Gasteiger charge is -2.45. The third-order valence-electron chi connectivity index (χ3n) is 6.54. The van der Waals surface area contributed by atoms with Crippen molar-refractivity contribution in [1.29, 1.82) is 0 Å². The highest BCUT2D eigenvalue weighted by Gasteiger charge is 2.35. The van der Waals surface area contributed by atoms with E-state index in [4.69, 9.17) is 9.73 Å². The smallest absolute Gasteiger partial charge is 0.222 e. The number of rotatable bonds is 6. The quantitative estimate of drug-likeness (QED) is 0.591. The number of carbonyl (C=O) groups is 1. The van der Waals surface area contributed by atoms with Gasteiger partial charge in [-0.25, -0.2) is 18.4 Å². The van der Waals surface area contributed by atoms with E-state index in [1.807, 2.05) is 12.3 Å². The Bertz CT molecular complexity index is 1210. The number of aliphatic imine (C=N–C) groups is 1. The van der Waals surface area contributed by atoms with Gasteiger partial charge in [-0.05, 0) is 23.6 Å². The van der Waals surface area contributed by atoms with Crippen molar-refractivity contribution in [2.45, 2.75) is 19.2 Å². The number of nitrogens with one attached hydrogen (secondary N) is 1. The Morgan fingerprint density at radius 3 is 2.69 bits per heavy atom. The molecule has 2 aromatic heterocycles. The number of amides is 1. The number of hydrogen-bond donors (Lipinski definition) is 1. The van der Waals surface area contributed by atoms with Gasteiger partial charge in [0.25, 0.3) is 0 Å². The molecule has 3 aliphatic rings. The first-order chi connectivity index (χ1) is 17.3. The number of aromatic nitrogens is 1. The Hall–Kier alpha value is -2.42. The highest BCUT2D eigenvalue weighted by Crippen LogP contribution is 2.39. The number of hydrogen-bond acceptors (Lipinski definition) is 10. The third-order valence-corrected chi connectivity index (χ3v) is 8.76. The predicted octanol–water partition coefficient (Wildman–Crippen LogP) is 1.23. The van der Waals surface area contributed by atoms with Crippen molar-refractivity contribution >= 4 is 44.3 Å². The second kappa shape index (κ2) is 10.5. The lowest BCUT2D eigenvalue weighted by molar-refractivity contribution is -0.114. The minimum atomic E-state index is -3.15. The molecule has 3 aliphatic heterocycles. The molecular weight excluding hydrogens is 502 g/mol. The maximum Gasteiger partial charge on any atom is 0.222 e. The topological polar surface area (TPSA) is 111 Å². The Morgan fingerprint density at radius 2 is 2.00 bits per heavy atom. The summed E-state index contributed by atoms with van der Waals surface area (Å²) in [7, 11) is -3.15. The largest absolute Gasteiger partial charge is 0.374 e. The molecule has 0 bridgehead atoms. The molecule has 2 atom stereocenters. The van der Waals surface area contributed by atoms with Crippen LogP contribution in [0.2, 0.25) is 0 Å². The summed E-state index contributed by atoms with van der Waals surface area (Å²) < 4.78 is 31.3. The molecule has 1 amide bonds. The fourth-order valence-electron chi connectivity index (χ4n) is 4.79. The van der Waals surface area contributed by atoms with E-state index >= 15 is 0 Å². The van der Waals surface area contributed by atoms with Crippen LogP contribution in [0.1, 0.15) is 24.2 Å². The second-order valence-electron chi connectivity index (χ2n) is 9.20. The van der Waals surface area contributed by atoms with Gasteiger partial charge >= 0.3 is 0 Å². The first kappa shape index (κ1) is 25.2. The zero-order valence-corrected chi connectivity index (χ0v) is 22.0. The fourth-order valence-corrected chi connectivity index (χ4v) is 6.54. The number of thiophene rings is 1. The van der Waals surface area contributed by atoms with Gasteiger partial charge in [-0.1, -0.05) is 0 Å². The molecule has 0 saturated carbocycles. The summed E-state index contributed by atoms with van der Waals surface area (Å²) in [6, 6.07) is 5.82. The molecule has 2 fully saturated rings. The van der Waals surface area contributed by atoms with Crippen LogP contribution in [-0.4, -0.2) is 105 Å². The highest BCUT2D eigenvalue weighted by molar-refractivity contribution is 7.88.